The Labute approximate surface area is 252 Å². The highest BCUT2D eigenvalue weighted by Crippen LogP contribution is 2.47. The van der Waals surface area contributed by atoms with Gasteiger partial charge in [-0.15, -0.1) is 0 Å². The molecule has 0 radical (unpaired) electrons. The van der Waals surface area contributed by atoms with Crippen molar-refractivity contribution in [1.82, 2.24) is 0 Å². The zero-order valence-electron chi connectivity index (χ0n) is 25.1. The first-order valence-electron chi connectivity index (χ1n) is 16.3. The lowest BCUT2D eigenvalue weighted by atomic mass is 9.68. The highest BCUT2D eigenvalue weighted by molar-refractivity contribution is 5.30. The molecule has 3 fully saturated rings. The minimum atomic E-state index is -3.60. The lowest BCUT2D eigenvalue weighted by Gasteiger charge is -2.39. The van der Waals surface area contributed by atoms with E-state index in [0.29, 0.717) is 42.7 Å². The van der Waals surface area contributed by atoms with E-state index in [2.05, 4.69) is 29.9 Å². The standard InChI is InChI=1S/C36H44F6O/c1-2-3-4-5-23-6-8-26(9-7-23)28-16-19-31(32(37)20-28)27-12-10-24(11-13-27)25-14-17-29(18-15-25)36(41,42)43-30-21-33(38)35(40)34(39)22-30/h2-3,16,19-27,29H,4-15,17-18H2,1H3/b3-2+. The minimum absolute atomic E-state index is 0.0835. The van der Waals surface area contributed by atoms with Crippen LogP contribution in [0.25, 0.3) is 0 Å². The Kier molecular flexibility index (Phi) is 10.5. The lowest BCUT2D eigenvalue weighted by molar-refractivity contribution is -0.224. The fourth-order valence-corrected chi connectivity index (χ4v) is 8.07. The van der Waals surface area contributed by atoms with E-state index in [1.165, 1.54) is 19.3 Å². The highest BCUT2D eigenvalue weighted by Gasteiger charge is 2.45. The van der Waals surface area contributed by atoms with E-state index < -0.39 is 35.2 Å². The summed E-state index contributed by atoms with van der Waals surface area (Å²) < 4.78 is 89.8. The van der Waals surface area contributed by atoms with Crippen molar-refractivity contribution in [2.24, 2.45) is 23.7 Å². The van der Waals surface area contributed by atoms with Crippen molar-refractivity contribution >= 4 is 0 Å². The average Bonchev–Trinajstić information content (AvgIpc) is 3.00. The maximum atomic E-state index is 15.3. The molecule has 0 bridgehead atoms. The molecule has 2 aromatic carbocycles. The van der Waals surface area contributed by atoms with Crippen molar-refractivity contribution in [2.75, 3.05) is 0 Å². The number of hydrogen-bond acceptors (Lipinski definition) is 1. The molecule has 0 amide bonds. The molecule has 0 aliphatic heterocycles. The van der Waals surface area contributed by atoms with Crippen LogP contribution < -0.4 is 4.74 Å². The van der Waals surface area contributed by atoms with Crippen LogP contribution in [0.1, 0.15) is 120 Å². The lowest BCUT2D eigenvalue weighted by Crippen LogP contribution is -2.38. The van der Waals surface area contributed by atoms with Crippen molar-refractivity contribution < 1.29 is 31.1 Å². The summed E-state index contributed by atoms with van der Waals surface area (Å²) in [6.07, 6.45) is 13.3. The van der Waals surface area contributed by atoms with Gasteiger partial charge in [-0.05, 0) is 144 Å². The summed E-state index contributed by atoms with van der Waals surface area (Å²) >= 11 is 0. The van der Waals surface area contributed by atoms with Gasteiger partial charge in [0, 0.05) is 12.1 Å². The quantitative estimate of drug-likeness (QED) is 0.157. The Hall–Kier alpha value is -2.44. The zero-order chi connectivity index (χ0) is 30.6. The molecule has 0 spiro atoms. The van der Waals surface area contributed by atoms with Gasteiger partial charge in [0.05, 0.1) is 5.92 Å². The summed E-state index contributed by atoms with van der Waals surface area (Å²) in [7, 11) is 0. The van der Waals surface area contributed by atoms with E-state index >= 15 is 4.39 Å². The SMILES string of the molecule is C/C=C/CCC1CCC(c2ccc(C3CCC(C4CCC(C(F)(F)Oc5cc(F)c(F)c(F)c5)CC4)CC3)c(F)c2)CC1. The first-order chi connectivity index (χ1) is 20.6. The second-order valence-corrected chi connectivity index (χ2v) is 13.2. The van der Waals surface area contributed by atoms with Crippen LogP contribution in [-0.4, -0.2) is 6.11 Å². The predicted octanol–water partition coefficient (Wildman–Crippen LogP) is 11.6. The van der Waals surface area contributed by atoms with E-state index in [-0.39, 0.29) is 24.6 Å². The summed E-state index contributed by atoms with van der Waals surface area (Å²) in [5.41, 5.74) is 1.95. The molecule has 5 rings (SSSR count). The van der Waals surface area contributed by atoms with Gasteiger partial charge in [-0.25, -0.2) is 17.6 Å². The second-order valence-electron chi connectivity index (χ2n) is 13.2. The molecule has 43 heavy (non-hydrogen) atoms. The van der Waals surface area contributed by atoms with Gasteiger partial charge in [0.2, 0.25) is 0 Å². The summed E-state index contributed by atoms with van der Waals surface area (Å²) in [6.45, 7) is 2.06. The van der Waals surface area contributed by atoms with Gasteiger partial charge >= 0.3 is 6.11 Å². The van der Waals surface area contributed by atoms with Crippen molar-refractivity contribution in [1.29, 1.82) is 0 Å². The van der Waals surface area contributed by atoms with Gasteiger partial charge in [-0.3, -0.25) is 0 Å². The number of halogens is 6. The number of benzene rings is 2. The summed E-state index contributed by atoms with van der Waals surface area (Å²) in [4.78, 5) is 0. The molecule has 0 heterocycles. The molecule has 0 N–H and O–H groups in total. The number of ether oxygens (including phenoxy) is 1. The largest absolute Gasteiger partial charge is 0.432 e. The Morgan fingerprint density at radius 3 is 1.88 bits per heavy atom. The third kappa shape index (κ3) is 7.81. The Bertz CT molecular complexity index is 1210. The number of hydrogen-bond donors (Lipinski definition) is 0. The van der Waals surface area contributed by atoms with Gasteiger partial charge in [0.1, 0.15) is 11.6 Å². The molecule has 3 aliphatic rings. The average molecular weight is 607 g/mol. The molecule has 3 saturated carbocycles. The van der Waals surface area contributed by atoms with Crippen molar-refractivity contribution in [2.45, 2.75) is 115 Å². The van der Waals surface area contributed by atoms with Gasteiger partial charge in [-0.1, -0.05) is 24.3 Å². The molecule has 7 heteroatoms. The van der Waals surface area contributed by atoms with Crippen LogP contribution in [0, 0.1) is 46.9 Å². The molecule has 2 aromatic rings. The first kappa shape index (κ1) is 32.0. The predicted molar refractivity (Wildman–Crippen MR) is 157 cm³/mol. The maximum absolute atomic E-state index is 15.3. The number of alkyl halides is 2. The Morgan fingerprint density at radius 2 is 1.30 bits per heavy atom. The van der Waals surface area contributed by atoms with Crippen LogP contribution in [0.15, 0.2) is 42.5 Å². The van der Waals surface area contributed by atoms with E-state index in [0.717, 1.165) is 62.0 Å². The van der Waals surface area contributed by atoms with E-state index in [1.54, 1.807) is 6.07 Å². The highest BCUT2D eigenvalue weighted by atomic mass is 19.3. The van der Waals surface area contributed by atoms with Crippen LogP contribution in [-0.2, 0) is 0 Å². The van der Waals surface area contributed by atoms with E-state index in [4.69, 9.17) is 0 Å². The van der Waals surface area contributed by atoms with Crippen molar-refractivity contribution in [3.63, 3.8) is 0 Å². The van der Waals surface area contributed by atoms with Crippen LogP contribution >= 0.6 is 0 Å². The second kappa shape index (κ2) is 14.1. The molecule has 0 saturated heterocycles. The topological polar surface area (TPSA) is 9.23 Å². The molecule has 0 aromatic heterocycles. The fourth-order valence-electron chi connectivity index (χ4n) is 8.07. The van der Waals surface area contributed by atoms with Crippen LogP contribution in [0.5, 0.6) is 5.75 Å². The third-order valence-corrected chi connectivity index (χ3v) is 10.7. The van der Waals surface area contributed by atoms with Crippen LogP contribution in [0.2, 0.25) is 0 Å². The van der Waals surface area contributed by atoms with Gasteiger partial charge < -0.3 is 4.74 Å². The van der Waals surface area contributed by atoms with Crippen molar-refractivity contribution in [3.05, 3.63) is 76.9 Å². The number of allylic oxidation sites excluding steroid dienone is 2. The third-order valence-electron chi connectivity index (χ3n) is 10.7. The molecule has 3 aliphatic carbocycles. The van der Waals surface area contributed by atoms with Crippen molar-refractivity contribution in [3.8, 4) is 5.75 Å². The molecule has 0 unspecified atom stereocenters. The summed E-state index contributed by atoms with van der Waals surface area (Å²) in [5, 5.41) is 0. The molecule has 0 atom stereocenters. The molecule has 236 valence electrons. The molecular formula is C36H44F6O. The van der Waals surface area contributed by atoms with Crippen LogP contribution in [0.3, 0.4) is 0 Å². The molecule has 1 nitrogen and oxygen atoms in total. The smallest absolute Gasteiger partial charge is 0.400 e. The first-order valence-corrected chi connectivity index (χ1v) is 16.3. The van der Waals surface area contributed by atoms with E-state index in [9.17, 15) is 22.0 Å². The van der Waals surface area contributed by atoms with E-state index in [1.807, 2.05) is 6.07 Å². The van der Waals surface area contributed by atoms with Gasteiger partial charge in [0.25, 0.3) is 0 Å². The van der Waals surface area contributed by atoms with Gasteiger partial charge in [0.15, 0.2) is 17.5 Å². The summed E-state index contributed by atoms with van der Waals surface area (Å²) in [6, 6.07) is 6.84. The van der Waals surface area contributed by atoms with Gasteiger partial charge in [-0.2, -0.15) is 8.78 Å². The zero-order valence-corrected chi connectivity index (χ0v) is 25.1. The monoisotopic (exact) mass is 606 g/mol. The Balaban J connectivity index is 1.08. The number of rotatable bonds is 9. The summed E-state index contributed by atoms with van der Waals surface area (Å²) in [5.74, 6) is -4.53. The molecular weight excluding hydrogens is 562 g/mol. The normalized spacial score (nSPS) is 28.7. The minimum Gasteiger partial charge on any atom is -0.432 e. The van der Waals surface area contributed by atoms with Crippen LogP contribution in [0.4, 0.5) is 26.3 Å². The maximum Gasteiger partial charge on any atom is 0.400 e. The fraction of sp³-hybridized carbons (Fsp3) is 0.611. The Morgan fingerprint density at radius 1 is 0.721 bits per heavy atom.